The third-order valence-corrected chi connectivity index (χ3v) is 32.8. The van der Waals surface area contributed by atoms with E-state index < -0.39 is 0 Å². The smallest absolute Gasteiger partial charge is 0.000717 e. The summed E-state index contributed by atoms with van der Waals surface area (Å²) in [6.45, 7) is 0. The molecule has 0 heterocycles. The van der Waals surface area contributed by atoms with E-state index in [1.54, 1.807) is 0 Å². The van der Waals surface area contributed by atoms with Crippen LogP contribution in [0.2, 0.25) is 0 Å². The minimum atomic E-state index is 1.23. The van der Waals surface area contributed by atoms with E-state index in [1.807, 2.05) is 0 Å². The molecule has 0 aromatic heterocycles. The molecule has 140 heavy (non-hydrogen) atoms. The average molecular weight is 1760 g/mol. The third-order valence-electron chi connectivity index (χ3n) is 32.8. The molecule has 0 aliphatic rings. The van der Waals surface area contributed by atoms with Gasteiger partial charge in [-0.25, -0.2) is 0 Å². The minimum Gasteiger partial charge on any atom is -0.0616 e. The normalized spacial score (nSPS) is 12.6. The molecule has 0 fully saturated rings. The van der Waals surface area contributed by atoms with Crippen molar-refractivity contribution in [3.8, 4) is 66.8 Å². The molecule has 33 aromatic carbocycles. The highest BCUT2D eigenvalue weighted by Crippen LogP contribution is 2.63. The van der Waals surface area contributed by atoms with Crippen LogP contribution in [0.1, 0.15) is 0 Å². The van der Waals surface area contributed by atoms with Crippen molar-refractivity contribution in [1.82, 2.24) is 0 Å². The molecule has 0 unspecified atom stereocenters. The van der Waals surface area contributed by atoms with Gasteiger partial charge in [0.2, 0.25) is 0 Å². The van der Waals surface area contributed by atoms with Crippen LogP contribution < -0.4 is 0 Å². The molecule has 33 aromatic rings. The Balaban J connectivity index is 0.630. The van der Waals surface area contributed by atoms with Crippen LogP contribution in [0.5, 0.6) is 0 Å². The second-order valence-electron chi connectivity index (χ2n) is 39.2. The predicted molar refractivity (Wildman–Crippen MR) is 608 cm³/mol. The summed E-state index contributed by atoms with van der Waals surface area (Å²) in [5.41, 5.74) is 15.1. The fraction of sp³-hybridized carbons (Fsp3) is 0. The molecular formula is C140H76. The van der Waals surface area contributed by atoms with Gasteiger partial charge in [0.15, 0.2) is 0 Å². The lowest BCUT2D eigenvalue weighted by molar-refractivity contribution is 1.70. The van der Waals surface area contributed by atoms with Crippen molar-refractivity contribution >= 4 is 280 Å². The molecule has 636 valence electrons. The standard InChI is InChI=1S/C140H76/c1-5-39-81-77(35-1)75-78-36-2-6-40-82(78)117(81)119-85-43-9-13-47-89(85)121(90-48-14-10-44-86(90)119)123-93-51-17-21-55-97(93)125(98-56-22-18-52-94(98)123)127-101-59-25-27-61-105(101)131-129-103(67-33-69-115(127)129)111-71-73-113-114-74-72-112-104-68-34-70-116-128(102-60-26-28-62-106(102)132(130(104)116)134-108-64-30-32-66-110(108)136(140(114)138(112)134)135-109-65-31-29-63-107(109)133(131)137(111)139(113)135)126-99-57-23-19-53-95(99)124(96-54-20-24-58-100(96)126)122-91-49-15-11-45-87(91)120(88-46-12-16-50-92(88)122)118-83-41-7-3-37-79(83)76-80-38-4-8-42-84(80)118/h1-76H. The number of benzene rings is 33. The van der Waals surface area contributed by atoms with Gasteiger partial charge in [0, 0.05) is 0 Å². The molecule has 0 aliphatic carbocycles. The zero-order chi connectivity index (χ0) is 90.7. The first-order chi connectivity index (χ1) is 69.6. The Bertz CT molecular complexity index is 10500. The molecule has 0 saturated heterocycles. The fourth-order valence-electron chi connectivity index (χ4n) is 27.8. The molecule has 0 nitrogen and oxygen atoms in total. The Morgan fingerprint density at radius 1 is 0.0643 bits per heavy atom. The molecule has 0 bridgehead atoms. The molecule has 0 saturated carbocycles. The van der Waals surface area contributed by atoms with Gasteiger partial charge in [-0.1, -0.05) is 449 Å². The van der Waals surface area contributed by atoms with Crippen LogP contribution in [0.4, 0.5) is 0 Å². The number of rotatable bonds is 6. The highest BCUT2D eigenvalue weighted by molar-refractivity contribution is 6.57. The second kappa shape index (κ2) is 27.8. The van der Waals surface area contributed by atoms with E-state index in [9.17, 15) is 0 Å². The molecule has 0 spiro atoms. The van der Waals surface area contributed by atoms with Gasteiger partial charge in [-0.3, -0.25) is 0 Å². The maximum Gasteiger partial charge on any atom is -0.000717 e. The lowest BCUT2D eigenvalue weighted by Gasteiger charge is -2.27. The van der Waals surface area contributed by atoms with Gasteiger partial charge in [-0.15, -0.1) is 0 Å². The topological polar surface area (TPSA) is 0 Å². The molecule has 0 heteroatoms. The van der Waals surface area contributed by atoms with Crippen molar-refractivity contribution in [3.63, 3.8) is 0 Å². The summed E-state index contributed by atoms with van der Waals surface area (Å²) in [5.74, 6) is 0. The second-order valence-corrected chi connectivity index (χ2v) is 39.2. The van der Waals surface area contributed by atoms with E-state index in [0.29, 0.717) is 0 Å². The average Bonchev–Trinajstić information content (AvgIpc) is 0.656. The van der Waals surface area contributed by atoms with Gasteiger partial charge < -0.3 is 0 Å². The number of fused-ring (bicyclic) bond motifs is 28. The molecule has 0 aliphatic heterocycles. The Morgan fingerprint density at radius 3 is 0.350 bits per heavy atom. The lowest BCUT2D eigenvalue weighted by atomic mass is 9.75. The van der Waals surface area contributed by atoms with Crippen molar-refractivity contribution in [2.45, 2.75) is 0 Å². The Hall–Kier alpha value is -18.2. The summed E-state index contributed by atoms with van der Waals surface area (Å²) in [4.78, 5) is 0. The van der Waals surface area contributed by atoms with Crippen LogP contribution in [0.15, 0.2) is 461 Å². The fourth-order valence-corrected chi connectivity index (χ4v) is 27.8. The third kappa shape index (κ3) is 9.59. The van der Waals surface area contributed by atoms with Crippen LogP contribution in [-0.4, -0.2) is 0 Å². The molecule has 33 rings (SSSR count). The highest BCUT2D eigenvalue weighted by Gasteiger charge is 2.34. The molecule has 0 atom stereocenters. The number of hydrogen-bond donors (Lipinski definition) is 0. The summed E-state index contributed by atoms with van der Waals surface area (Å²) < 4.78 is 0. The van der Waals surface area contributed by atoms with Gasteiger partial charge >= 0.3 is 0 Å². The van der Waals surface area contributed by atoms with Gasteiger partial charge in [0.1, 0.15) is 0 Å². The van der Waals surface area contributed by atoms with Gasteiger partial charge in [0.05, 0.1) is 0 Å². The summed E-state index contributed by atoms with van der Waals surface area (Å²) in [7, 11) is 0. The van der Waals surface area contributed by atoms with E-state index in [0.717, 1.165) is 0 Å². The number of hydrogen-bond acceptors (Lipinski definition) is 0. The minimum absolute atomic E-state index is 1.23. The molecular weight excluding hydrogens is 1680 g/mol. The summed E-state index contributed by atoms with van der Waals surface area (Å²) in [6.07, 6.45) is 0. The van der Waals surface area contributed by atoms with Crippen LogP contribution in [0, 0.1) is 0 Å². The summed E-state index contributed by atoms with van der Waals surface area (Å²) >= 11 is 0. The van der Waals surface area contributed by atoms with E-state index in [4.69, 9.17) is 0 Å². The summed E-state index contributed by atoms with van der Waals surface area (Å²) in [6, 6.07) is 178. The molecule has 0 N–H and O–H groups in total. The van der Waals surface area contributed by atoms with Crippen molar-refractivity contribution in [2.75, 3.05) is 0 Å². The molecule has 0 radical (unpaired) electrons. The predicted octanol–water partition coefficient (Wildman–Crippen LogP) is 40.0. The molecule has 0 amide bonds. The monoisotopic (exact) mass is 1760 g/mol. The van der Waals surface area contributed by atoms with Gasteiger partial charge in [0.25, 0.3) is 0 Å². The Kier molecular flexibility index (Phi) is 14.9. The van der Waals surface area contributed by atoms with Crippen molar-refractivity contribution in [1.29, 1.82) is 0 Å². The van der Waals surface area contributed by atoms with E-state index in [-0.39, 0.29) is 0 Å². The van der Waals surface area contributed by atoms with E-state index in [2.05, 4.69) is 461 Å². The quantitative estimate of drug-likeness (QED) is 0.115. The van der Waals surface area contributed by atoms with E-state index in [1.165, 1.54) is 347 Å². The van der Waals surface area contributed by atoms with Crippen molar-refractivity contribution in [3.05, 3.63) is 461 Å². The van der Waals surface area contributed by atoms with Crippen LogP contribution in [-0.2, 0) is 0 Å². The van der Waals surface area contributed by atoms with Gasteiger partial charge in [-0.2, -0.15) is 0 Å². The van der Waals surface area contributed by atoms with Crippen LogP contribution >= 0.6 is 0 Å². The van der Waals surface area contributed by atoms with Crippen molar-refractivity contribution < 1.29 is 0 Å². The van der Waals surface area contributed by atoms with E-state index >= 15 is 0 Å². The SMILES string of the molecule is c1ccc2c(-c3c4ccccc4c(-c4c5ccccc5c(-c5c6ccccc6c6c7c5cccc7c5ccc7c8ccc9c%10cccc%11c(-c%12c%13ccccc%13c(-c%13c%14ccccc%14c(-c%14c%15ccccc%15cc%15ccccc%14%15)c%14ccccc%13%14)c%13ccccc%12%13)c%12ccccc%12c(c%11%10)c%10c%11ccccc%11c(c8c9%10)c8c9ccccc9c6c5c78)c5ccccc45)c4ccccc34)c3ccccc3cc2c1. The van der Waals surface area contributed by atoms with Crippen LogP contribution in [0.25, 0.3) is 347 Å². The Labute approximate surface area is 801 Å². The lowest BCUT2D eigenvalue weighted by Crippen LogP contribution is -1.98. The highest BCUT2D eigenvalue weighted by atomic mass is 14.4. The zero-order valence-electron chi connectivity index (χ0n) is 75.9. The maximum atomic E-state index is 2.53. The summed E-state index contributed by atoms with van der Waals surface area (Å²) in [5, 5.41) is 65.6. The zero-order valence-corrected chi connectivity index (χ0v) is 75.9. The Morgan fingerprint density at radius 2 is 0.164 bits per heavy atom. The largest absolute Gasteiger partial charge is 0.0616 e. The first kappa shape index (κ1) is 75.1. The maximum absolute atomic E-state index is 2.53. The van der Waals surface area contributed by atoms with Crippen LogP contribution in [0.3, 0.4) is 0 Å². The first-order valence-corrected chi connectivity index (χ1v) is 49.2. The van der Waals surface area contributed by atoms with Crippen molar-refractivity contribution in [2.24, 2.45) is 0 Å². The first-order valence-electron chi connectivity index (χ1n) is 49.2. The van der Waals surface area contributed by atoms with Gasteiger partial charge in [-0.05, 0) is 359 Å².